The molecule has 0 aliphatic heterocycles. The molecule has 1 aromatic rings. The largest absolute Gasteiger partial charge is 0.469 e. The second kappa shape index (κ2) is 5.81. The number of aromatic nitrogens is 1. The zero-order chi connectivity index (χ0) is 15.5. The van der Waals surface area contributed by atoms with Crippen LogP contribution in [0, 0.1) is 11.3 Å². The number of pyridine rings is 1. The number of nitrogens with zero attached hydrogens (tertiary/aromatic N) is 2. The molecule has 0 fully saturated rings. The molecule has 0 aliphatic carbocycles. The summed E-state index contributed by atoms with van der Waals surface area (Å²) in [5.41, 5.74) is -4.33. The zero-order valence-corrected chi connectivity index (χ0v) is 9.96. The average Bonchev–Trinajstić information content (AvgIpc) is 2.36. The summed E-state index contributed by atoms with van der Waals surface area (Å²) in [5.74, 6) is -1.08. The lowest BCUT2D eigenvalue weighted by molar-refractivity contribution is -0.141. The number of nitriles is 1. The molecule has 0 N–H and O–H groups in total. The lowest BCUT2D eigenvalue weighted by atomic mass is 9.98. The van der Waals surface area contributed by atoms with Crippen LogP contribution < -0.4 is 0 Å². The van der Waals surface area contributed by atoms with Crippen LogP contribution in [-0.4, -0.2) is 18.1 Å². The second-order valence-electron chi connectivity index (χ2n) is 3.57. The van der Waals surface area contributed by atoms with Gasteiger partial charge < -0.3 is 4.74 Å². The molecule has 0 spiro atoms. The van der Waals surface area contributed by atoms with E-state index in [1.165, 1.54) is 6.07 Å². The van der Waals surface area contributed by atoms with E-state index >= 15 is 0 Å². The number of halogens is 5. The highest BCUT2D eigenvalue weighted by Gasteiger charge is 2.37. The third-order valence-electron chi connectivity index (χ3n) is 2.39. The van der Waals surface area contributed by atoms with Crippen LogP contribution in [0.15, 0.2) is 6.20 Å². The van der Waals surface area contributed by atoms with Crippen LogP contribution in [-0.2, 0) is 22.1 Å². The maximum atomic E-state index is 12.8. The molecule has 0 saturated carbocycles. The molecule has 0 saturated heterocycles. The van der Waals surface area contributed by atoms with Crippen molar-refractivity contribution in [1.29, 1.82) is 5.26 Å². The van der Waals surface area contributed by atoms with Gasteiger partial charge in [-0.3, -0.25) is 9.78 Å². The summed E-state index contributed by atoms with van der Waals surface area (Å²) >= 11 is 0. The molecule has 4 nitrogen and oxygen atoms in total. The maximum absolute atomic E-state index is 12.8. The predicted octanol–water partition coefficient (Wildman–Crippen LogP) is 2.63. The van der Waals surface area contributed by atoms with E-state index in [2.05, 4.69) is 9.72 Å². The van der Waals surface area contributed by atoms with E-state index in [-0.39, 0.29) is 6.20 Å². The molecule has 1 heterocycles. The van der Waals surface area contributed by atoms with Gasteiger partial charge in [-0.1, -0.05) is 0 Å². The van der Waals surface area contributed by atoms with Crippen molar-refractivity contribution in [1.82, 2.24) is 4.98 Å². The van der Waals surface area contributed by atoms with E-state index in [4.69, 9.17) is 5.26 Å². The van der Waals surface area contributed by atoms with Crippen LogP contribution >= 0.6 is 0 Å². The third kappa shape index (κ3) is 3.20. The van der Waals surface area contributed by atoms with Crippen LogP contribution in [0.25, 0.3) is 0 Å². The molecule has 0 bridgehead atoms. The number of carbonyl (C=O) groups is 1. The third-order valence-corrected chi connectivity index (χ3v) is 2.39. The summed E-state index contributed by atoms with van der Waals surface area (Å²) in [6.07, 6.45) is -8.93. The van der Waals surface area contributed by atoms with Crippen molar-refractivity contribution in [3.05, 3.63) is 28.6 Å². The SMILES string of the molecule is COC(=O)Cc1c(C(F)(F)F)cnc(C(F)F)c1C#N. The van der Waals surface area contributed by atoms with Crippen LogP contribution in [0.4, 0.5) is 22.0 Å². The van der Waals surface area contributed by atoms with E-state index in [0.29, 0.717) is 0 Å². The highest BCUT2D eigenvalue weighted by Crippen LogP contribution is 2.35. The lowest BCUT2D eigenvalue weighted by Gasteiger charge is -2.15. The van der Waals surface area contributed by atoms with E-state index < -0.39 is 47.4 Å². The second-order valence-corrected chi connectivity index (χ2v) is 3.57. The molecule has 20 heavy (non-hydrogen) atoms. The van der Waals surface area contributed by atoms with Gasteiger partial charge in [-0.25, -0.2) is 8.78 Å². The van der Waals surface area contributed by atoms with Gasteiger partial charge in [0, 0.05) is 6.20 Å². The highest BCUT2D eigenvalue weighted by atomic mass is 19.4. The molecular weight excluding hydrogens is 287 g/mol. The van der Waals surface area contributed by atoms with Crippen LogP contribution in [0.1, 0.15) is 28.8 Å². The van der Waals surface area contributed by atoms with Crippen LogP contribution in [0.3, 0.4) is 0 Å². The first-order valence-corrected chi connectivity index (χ1v) is 5.06. The van der Waals surface area contributed by atoms with Crippen molar-refractivity contribution >= 4 is 5.97 Å². The van der Waals surface area contributed by atoms with Crippen molar-refractivity contribution in [2.75, 3.05) is 7.11 Å². The van der Waals surface area contributed by atoms with Crippen LogP contribution in [0.5, 0.6) is 0 Å². The van der Waals surface area contributed by atoms with Gasteiger partial charge in [0.15, 0.2) is 0 Å². The monoisotopic (exact) mass is 294 g/mol. The Bertz CT molecular complexity index is 563. The van der Waals surface area contributed by atoms with E-state index in [1.807, 2.05) is 0 Å². The van der Waals surface area contributed by atoms with Gasteiger partial charge in [-0.05, 0) is 5.56 Å². The predicted molar refractivity (Wildman–Crippen MR) is 54.6 cm³/mol. The van der Waals surface area contributed by atoms with E-state index in [1.54, 1.807) is 0 Å². The Balaban J connectivity index is 3.57. The van der Waals surface area contributed by atoms with Crippen molar-refractivity contribution in [2.24, 2.45) is 0 Å². The Hall–Kier alpha value is -2.24. The minimum absolute atomic E-state index is 0.181. The Morgan fingerprint density at radius 1 is 1.50 bits per heavy atom. The Kier molecular flexibility index (Phi) is 4.60. The fraction of sp³-hybridized carbons (Fsp3) is 0.364. The molecule has 0 amide bonds. The summed E-state index contributed by atoms with van der Waals surface area (Å²) in [5, 5.41) is 8.78. The van der Waals surface area contributed by atoms with Gasteiger partial charge >= 0.3 is 12.1 Å². The van der Waals surface area contributed by atoms with Gasteiger partial charge in [-0.2, -0.15) is 18.4 Å². The summed E-state index contributed by atoms with van der Waals surface area (Å²) < 4.78 is 67.7. The molecule has 1 aromatic heterocycles. The molecule has 0 aromatic carbocycles. The molecule has 1 rings (SSSR count). The number of hydrogen-bond acceptors (Lipinski definition) is 4. The normalized spacial score (nSPS) is 11.3. The Morgan fingerprint density at radius 2 is 2.10 bits per heavy atom. The van der Waals surface area contributed by atoms with E-state index in [9.17, 15) is 26.7 Å². The number of alkyl halides is 5. The first-order valence-electron chi connectivity index (χ1n) is 5.06. The van der Waals surface area contributed by atoms with Gasteiger partial charge in [-0.15, -0.1) is 0 Å². The first-order chi connectivity index (χ1) is 9.22. The molecule has 0 unspecified atom stereocenters. The van der Waals surface area contributed by atoms with Crippen molar-refractivity contribution in [3.63, 3.8) is 0 Å². The number of hydrogen-bond donors (Lipinski definition) is 0. The highest BCUT2D eigenvalue weighted by molar-refractivity contribution is 5.74. The Labute approximate surface area is 109 Å². The molecule has 0 aliphatic rings. The summed E-state index contributed by atoms with van der Waals surface area (Å²) in [6, 6.07) is 1.24. The van der Waals surface area contributed by atoms with Crippen molar-refractivity contribution in [3.8, 4) is 6.07 Å². The topological polar surface area (TPSA) is 63.0 Å². The minimum atomic E-state index is -4.93. The molecule has 0 radical (unpaired) electrons. The fourth-order valence-corrected chi connectivity index (χ4v) is 1.50. The lowest BCUT2D eigenvalue weighted by Crippen LogP contribution is -2.17. The molecule has 0 atom stereocenters. The minimum Gasteiger partial charge on any atom is -0.469 e. The molecule has 9 heteroatoms. The quantitative estimate of drug-likeness (QED) is 0.635. The number of carbonyl (C=O) groups excluding carboxylic acids is 1. The van der Waals surface area contributed by atoms with Gasteiger partial charge in [0.05, 0.1) is 24.7 Å². The number of methoxy groups -OCH3 is 1. The summed E-state index contributed by atoms with van der Waals surface area (Å²) in [6.45, 7) is 0. The van der Waals surface area contributed by atoms with Crippen LogP contribution in [0.2, 0.25) is 0 Å². The standard InChI is InChI=1S/C11H7F5N2O2/c1-20-8(19)2-5-6(3-17)9(10(12)13)18-4-7(5)11(14,15)16/h4,10H,2H2,1H3. The fourth-order valence-electron chi connectivity index (χ4n) is 1.50. The summed E-state index contributed by atoms with van der Waals surface area (Å²) in [7, 11) is 0.927. The smallest absolute Gasteiger partial charge is 0.418 e. The Morgan fingerprint density at radius 3 is 2.50 bits per heavy atom. The first kappa shape index (κ1) is 15.8. The van der Waals surface area contributed by atoms with Gasteiger partial charge in [0.25, 0.3) is 6.43 Å². The zero-order valence-electron chi connectivity index (χ0n) is 9.96. The van der Waals surface area contributed by atoms with E-state index in [0.717, 1.165) is 7.11 Å². The number of esters is 1. The summed E-state index contributed by atoms with van der Waals surface area (Å²) in [4.78, 5) is 14.1. The van der Waals surface area contributed by atoms with Crippen molar-refractivity contribution < 1.29 is 31.5 Å². The molecular formula is C11H7F5N2O2. The average molecular weight is 294 g/mol. The van der Waals surface area contributed by atoms with Crippen molar-refractivity contribution in [2.45, 2.75) is 19.0 Å². The maximum Gasteiger partial charge on any atom is 0.418 e. The molecule has 108 valence electrons. The number of rotatable bonds is 3. The number of ether oxygens (including phenoxy) is 1. The van der Waals surface area contributed by atoms with Gasteiger partial charge in [0.1, 0.15) is 11.8 Å². The van der Waals surface area contributed by atoms with Gasteiger partial charge in [0.2, 0.25) is 0 Å².